The van der Waals surface area contributed by atoms with E-state index in [4.69, 9.17) is 5.73 Å². The molecule has 0 bridgehead atoms. The lowest BCUT2D eigenvalue weighted by Gasteiger charge is -2.24. The maximum absolute atomic E-state index is 12.5. The zero-order valence-corrected chi connectivity index (χ0v) is 14.6. The van der Waals surface area contributed by atoms with Gasteiger partial charge in [0.15, 0.2) is 0 Å². The maximum Gasteiger partial charge on any atom is 0.224 e. The van der Waals surface area contributed by atoms with E-state index >= 15 is 0 Å². The molecule has 0 saturated heterocycles. The van der Waals surface area contributed by atoms with Gasteiger partial charge in [0.05, 0.1) is 5.92 Å². The predicted octanol–water partition coefficient (Wildman–Crippen LogP) is 3.27. The Labute approximate surface area is 144 Å². The van der Waals surface area contributed by atoms with Crippen LogP contribution in [0.15, 0.2) is 54.9 Å². The maximum atomic E-state index is 12.5. The van der Waals surface area contributed by atoms with E-state index in [1.54, 1.807) is 6.20 Å². The minimum Gasteiger partial charge on any atom is -0.355 e. The molecule has 3 atom stereocenters. The van der Waals surface area contributed by atoms with Crippen LogP contribution in [0, 0.1) is 11.8 Å². The van der Waals surface area contributed by atoms with Crippen molar-refractivity contribution in [2.24, 2.45) is 17.6 Å². The Hall–Kier alpha value is -2.20. The Balaban J connectivity index is 1.98. The number of hydrogen-bond acceptors (Lipinski definition) is 3. The van der Waals surface area contributed by atoms with Crippen LogP contribution in [0.25, 0.3) is 0 Å². The molecule has 0 spiro atoms. The van der Waals surface area contributed by atoms with Crippen LogP contribution >= 0.6 is 0 Å². The topological polar surface area (TPSA) is 68.0 Å². The number of aromatic nitrogens is 1. The molecule has 3 N–H and O–H groups in total. The Morgan fingerprint density at radius 2 is 1.75 bits per heavy atom. The van der Waals surface area contributed by atoms with Crippen molar-refractivity contribution in [3.63, 3.8) is 0 Å². The first-order chi connectivity index (χ1) is 11.5. The number of amides is 1. The third-order valence-electron chi connectivity index (χ3n) is 4.55. The highest BCUT2D eigenvalue weighted by Gasteiger charge is 2.24. The quantitative estimate of drug-likeness (QED) is 0.821. The number of benzene rings is 1. The van der Waals surface area contributed by atoms with Gasteiger partial charge < -0.3 is 11.1 Å². The summed E-state index contributed by atoms with van der Waals surface area (Å²) in [5.74, 6) is 0.352. The molecular weight excluding hydrogens is 298 g/mol. The molecule has 24 heavy (non-hydrogen) atoms. The normalized spacial score (nSPS) is 14.9. The van der Waals surface area contributed by atoms with Crippen LogP contribution in [0.2, 0.25) is 0 Å². The second kappa shape index (κ2) is 8.60. The van der Waals surface area contributed by atoms with Crippen LogP contribution in [0.1, 0.15) is 43.9 Å². The van der Waals surface area contributed by atoms with Crippen molar-refractivity contribution < 1.29 is 4.79 Å². The standard InChI is InChI=1S/C20H27N3O/c1-14(2)18(17-10-7-11-22-12-17)13-23-20(24)15(3)19(21)16-8-5-4-6-9-16/h4-12,14-15,18-19H,13,21H2,1-3H3,(H,23,24). The molecule has 4 nitrogen and oxygen atoms in total. The Kier molecular flexibility index (Phi) is 6.50. The summed E-state index contributed by atoms with van der Waals surface area (Å²) in [4.78, 5) is 16.7. The van der Waals surface area contributed by atoms with Crippen molar-refractivity contribution in [2.75, 3.05) is 6.54 Å². The van der Waals surface area contributed by atoms with Gasteiger partial charge in [-0.1, -0.05) is 57.2 Å². The molecule has 2 aromatic rings. The lowest BCUT2D eigenvalue weighted by atomic mass is 9.89. The molecule has 0 aliphatic carbocycles. The fourth-order valence-corrected chi connectivity index (χ4v) is 2.83. The van der Waals surface area contributed by atoms with Crippen molar-refractivity contribution in [3.05, 3.63) is 66.0 Å². The molecule has 1 heterocycles. The van der Waals surface area contributed by atoms with Crippen molar-refractivity contribution in [3.8, 4) is 0 Å². The van der Waals surface area contributed by atoms with E-state index in [1.807, 2.05) is 49.5 Å². The molecule has 0 saturated carbocycles. The van der Waals surface area contributed by atoms with E-state index in [2.05, 4.69) is 30.2 Å². The highest BCUT2D eigenvalue weighted by atomic mass is 16.1. The molecule has 0 aliphatic rings. The van der Waals surface area contributed by atoms with Crippen molar-refractivity contribution in [1.29, 1.82) is 0 Å². The molecule has 1 amide bonds. The first-order valence-electron chi connectivity index (χ1n) is 8.49. The number of pyridine rings is 1. The number of rotatable bonds is 7. The molecule has 4 heteroatoms. The van der Waals surface area contributed by atoms with Crippen LogP contribution in [0.5, 0.6) is 0 Å². The third-order valence-corrected chi connectivity index (χ3v) is 4.55. The van der Waals surface area contributed by atoms with Crippen LogP contribution in [-0.4, -0.2) is 17.4 Å². The molecule has 0 radical (unpaired) electrons. The SMILES string of the molecule is CC(C)C(CNC(=O)C(C)C(N)c1ccccc1)c1cccnc1. The minimum absolute atomic E-state index is 0.0131. The summed E-state index contributed by atoms with van der Waals surface area (Å²) in [5, 5.41) is 3.07. The second-order valence-corrected chi connectivity index (χ2v) is 6.61. The number of nitrogens with one attached hydrogen (secondary N) is 1. The Bertz CT molecular complexity index is 628. The van der Waals surface area contributed by atoms with E-state index in [9.17, 15) is 4.79 Å². The second-order valence-electron chi connectivity index (χ2n) is 6.61. The number of nitrogens with two attached hydrogens (primary N) is 1. The van der Waals surface area contributed by atoms with Crippen LogP contribution in [-0.2, 0) is 4.79 Å². The summed E-state index contributed by atoms with van der Waals surface area (Å²) in [6.07, 6.45) is 3.64. The number of carbonyl (C=O) groups is 1. The van der Waals surface area contributed by atoms with Gasteiger partial charge in [-0.05, 0) is 23.1 Å². The van der Waals surface area contributed by atoms with E-state index in [-0.39, 0.29) is 23.8 Å². The first-order valence-corrected chi connectivity index (χ1v) is 8.49. The fourth-order valence-electron chi connectivity index (χ4n) is 2.83. The van der Waals surface area contributed by atoms with Crippen molar-refractivity contribution in [2.45, 2.75) is 32.7 Å². The zero-order chi connectivity index (χ0) is 17.5. The largest absolute Gasteiger partial charge is 0.355 e. The van der Waals surface area contributed by atoms with Gasteiger partial charge >= 0.3 is 0 Å². The van der Waals surface area contributed by atoms with E-state index in [0.717, 1.165) is 11.1 Å². The molecule has 2 rings (SSSR count). The van der Waals surface area contributed by atoms with Gasteiger partial charge in [0, 0.05) is 30.9 Å². The predicted molar refractivity (Wildman–Crippen MR) is 97.4 cm³/mol. The zero-order valence-electron chi connectivity index (χ0n) is 14.6. The summed E-state index contributed by atoms with van der Waals surface area (Å²) >= 11 is 0. The minimum atomic E-state index is -0.304. The van der Waals surface area contributed by atoms with Crippen molar-refractivity contribution >= 4 is 5.91 Å². The van der Waals surface area contributed by atoms with Crippen LogP contribution < -0.4 is 11.1 Å². The lowest BCUT2D eigenvalue weighted by Crippen LogP contribution is -2.38. The van der Waals surface area contributed by atoms with Gasteiger partial charge in [-0.15, -0.1) is 0 Å². The van der Waals surface area contributed by atoms with Gasteiger partial charge in [-0.2, -0.15) is 0 Å². The van der Waals surface area contributed by atoms with Crippen molar-refractivity contribution in [1.82, 2.24) is 10.3 Å². The third kappa shape index (κ3) is 4.65. The van der Waals surface area contributed by atoms with Gasteiger partial charge in [-0.3, -0.25) is 9.78 Å². The summed E-state index contributed by atoms with van der Waals surface area (Å²) in [6, 6.07) is 13.4. The number of carbonyl (C=O) groups excluding carboxylic acids is 1. The molecular formula is C20H27N3O. The van der Waals surface area contributed by atoms with Gasteiger partial charge in [-0.25, -0.2) is 0 Å². The van der Waals surface area contributed by atoms with Gasteiger partial charge in [0.25, 0.3) is 0 Å². The fraction of sp³-hybridized carbons (Fsp3) is 0.400. The molecule has 1 aromatic carbocycles. The summed E-state index contributed by atoms with van der Waals surface area (Å²) in [6.45, 7) is 6.78. The molecule has 0 fully saturated rings. The highest BCUT2D eigenvalue weighted by Crippen LogP contribution is 2.24. The lowest BCUT2D eigenvalue weighted by molar-refractivity contribution is -0.125. The monoisotopic (exact) mass is 325 g/mol. The van der Waals surface area contributed by atoms with Crippen LogP contribution in [0.4, 0.5) is 0 Å². The Morgan fingerprint density at radius 3 is 2.33 bits per heavy atom. The highest BCUT2D eigenvalue weighted by molar-refractivity contribution is 5.79. The van der Waals surface area contributed by atoms with Gasteiger partial charge in [0.1, 0.15) is 0 Å². The van der Waals surface area contributed by atoms with E-state index in [1.165, 1.54) is 0 Å². The average Bonchev–Trinajstić information content (AvgIpc) is 2.61. The number of nitrogens with zero attached hydrogens (tertiary/aromatic N) is 1. The molecule has 0 aliphatic heterocycles. The summed E-state index contributed by atoms with van der Waals surface area (Å²) in [5.41, 5.74) is 8.37. The van der Waals surface area contributed by atoms with E-state index in [0.29, 0.717) is 12.5 Å². The van der Waals surface area contributed by atoms with Crippen LogP contribution in [0.3, 0.4) is 0 Å². The molecule has 1 aromatic heterocycles. The molecule has 3 unspecified atom stereocenters. The smallest absolute Gasteiger partial charge is 0.224 e. The summed E-state index contributed by atoms with van der Waals surface area (Å²) < 4.78 is 0. The summed E-state index contributed by atoms with van der Waals surface area (Å²) in [7, 11) is 0. The Morgan fingerprint density at radius 1 is 1.08 bits per heavy atom. The van der Waals surface area contributed by atoms with Gasteiger partial charge in [0.2, 0.25) is 5.91 Å². The molecule has 128 valence electrons. The van der Waals surface area contributed by atoms with E-state index < -0.39 is 0 Å². The average molecular weight is 325 g/mol. The first kappa shape index (κ1) is 18.1. The number of hydrogen-bond donors (Lipinski definition) is 2.